The number of ether oxygens (including phenoxy) is 3. The van der Waals surface area contributed by atoms with Gasteiger partial charge in [-0.2, -0.15) is 4.37 Å². The van der Waals surface area contributed by atoms with E-state index in [2.05, 4.69) is 35.7 Å². The molecule has 0 spiro atoms. The van der Waals surface area contributed by atoms with Crippen LogP contribution in [0.4, 0.5) is 0 Å². The number of carbonyl (C=O) groups is 1. The number of likely N-dealkylation sites (N-methyl/N-ethyl adjacent to an activating group) is 1. The fourth-order valence-electron chi connectivity index (χ4n) is 6.13. The van der Waals surface area contributed by atoms with Crippen molar-refractivity contribution in [2.45, 2.75) is 129 Å². The number of aromatic nitrogens is 2. The Morgan fingerprint density at radius 3 is 2.29 bits per heavy atom. The van der Waals surface area contributed by atoms with Gasteiger partial charge in [0.15, 0.2) is 0 Å². The van der Waals surface area contributed by atoms with Gasteiger partial charge in [0, 0.05) is 31.6 Å². The molecule has 1 aromatic rings. The van der Waals surface area contributed by atoms with E-state index in [-0.39, 0.29) is 36.2 Å². The second kappa shape index (κ2) is 21.0. The third-order valence-electron chi connectivity index (χ3n) is 8.58. The topological polar surface area (TPSA) is 70.5 Å². The van der Waals surface area contributed by atoms with Gasteiger partial charge >= 0.3 is 5.97 Å². The van der Waals surface area contributed by atoms with Crippen molar-refractivity contribution in [2.75, 3.05) is 40.0 Å². The Labute approximate surface area is 271 Å². The van der Waals surface area contributed by atoms with Gasteiger partial charge < -0.3 is 38.2 Å². The van der Waals surface area contributed by atoms with Gasteiger partial charge in [-0.05, 0) is 25.7 Å². The van der Waals surface area contributed by atoms with Crippen LogP contribution in [0, 0.1) is 5.92 Å². The van der Waals surface area contributed by atoms with Crippen LogP contribution in [-0.4, -0.2) is 65.4 Å². The molecule has 0 N–H and O–H groups in total. The third-order valence-corrected chi connectivity index (χ3v) is 9.09. The van der Waals surface area contributed by atoms with Gasteiger partial charge in [0.1, 0.15) is 12.2 Å². The summed E-state index contributed by atoms with van der Waals surface area (Å²) in [6.45, 7) is 8.36. The van der Waals surface area contributed by atoms with E-state index in [4.69, 9.17) is 14.2 Å². The minimum absolute atomic E-state index is 0. The SMILES string of the molecule is CCCCCCCCCCCC(=O)OC(C1CCOCC1)[N+]1(C)CCC=C(c2nsnc2OCCCCCC)C1.[I-]. The van der Waals surface area contributed by atoms with Gasteiger partial charge in [0.05, 0.1) is 37.8 Å². The maximum Gasteiger partial charge on any atom is 0.310 e. The molecule has 41 heavy (non-hydrogen) atoms. The average Bonchev–Trinajstić information content (AvgIpc) is 3.44. The molecule has 0 amide bonds. The van der Waals surface area contributed by atoms with Crippen molar-refractivity contribution in [2.24, 2.45) is 5.92 Å². The second-order valence-corrected chi connectivity index (χ2v) is 12.6. The normalized spacial score (nSPS) is 20.2. The first kappa shape index (κ1) is 36.4. The lowest BCUT2D eigenvalue weighted by atomic mass is 9.93. The zero-order chi connectivity index (χ0) is 28.5. The van der Waals surface area contributed by atoms with Crippen molar-refractivity contribution < 1.29 is 47.5 Å². The summed E-state index contributed by atoms with van der Waals surface area (Å²) in [5.74, 6) is 0.931. The van der Waals surface area contributed by atoms with Crippen LogP contribution in [-0.2, 0) is 14.3 Å². The number of rotatable bonds is 20. The molecule has 3 rings (SSSR count). The van der Waals surface area contributed by atoms with Crippen molar-refractivity contribution >= 4 is 23.3 Å². The van der Waals surface area contributed by atoms with E-state index in [1.165, 1.54) is 75.9 Å². The highest BCUT2D eigenvalue weighted by molar-refractivity contribution is 6.99. The van der Waals surface area contributed by atoms with Crippen LogP contribution in [0.5, 0.6) is 5.88 Å². The molecule has 7 nitrogen and oxygen atoms in total. The van der Waals surface area contributed by atoms with E-state index < -0.39 is 0 Å². The number of hydrogen-bond donors (Lipinski definition) is 0. The van der Waals surface area contributed by atoms with Crippen molar-refractivity contribution in [3.05, 3.63) is 11.8 Å². The quantitative estimate of drug-likeness (QED) is 0.0829. The lowest BCUT2D eigenvalue weighted by Gasteiger charge is -2.46. The number of nitrogens with zero attached hydrogens (tertiary/aromatic N) is 3. The smallest absolute Gasteiger partial charge is 0.310 e. The summed E-state index contributed by atoms with van der Waals surface area (Å²) < 4.78 is 27.9. The van der Waals surface area contributed by atoms with E-state index in [1.807, 2.05) is 0 Å². The fourth-order valence-corrected chi connectivity index (χ4v) is 6.66. The standard InChI is InChI=1S/C32H56N3O4S.HI/c1-4-6-8-10-11-12-13-14-15-19-29(36)39-32(27-20-24-37-25-21-27)35(3)22-17-18-28(26-35)30-31(34-40-33-30)38-23-16-9-7-5-2;/h18,27,32H,4-17,19-26H2,1-3H3;1H/q+1;/p-1. The van der Waals surface area contributed by atoms with E-state index in [9.17, 15) is 4.79 Å². The van der Waals surface area contributed by atoms with E-state index in [0.29, 0.717) is 29.3 Å². The van der Waals surface area contributed by atoms with Crippen LogP contribution >= 0.6 is 11.7 Å². The Hall–Kier alpha value is -0.780. The number of unbranched alkanes of at least 4 members (excludes halogenated alkanes) is 11. The predicted octanol–water partition coefficient (Wildman–Crippen LogP) is 4.95. The highest BCUT2D eigenvalue weighted by Crippen LogP contribution is 2.36. The van der Waals surface area contributed by atoms with E-state index >= 15 is 0 Å². The Bertz CT molecular complexity index is 877. The number of quaternary nitrogens is 1. The van der Waals surface area contributed by atoms with Crippen molar-refractivity contribution in [1.82, 2.24) is 8.75 Å². The van der Waals surface area contributed by atoms with Gasteiger partial charge in [-0.1, -0.05) is 90.6 Å². The molecule has 1 saturated heterocycles. The second-order valence-electron chi connectivity index (χ2n) is 12.1. The minimum Gasteiger partial charge on any atom is -1.00 e. The zero-order valence-corrected chi connectivity index (χ0v) is 29.0. The van der Waals surface area contributed by atoms with Crippen LogP contribution in [0.15, 0.2) is 6.08 Å². The molecule has 2 aliphatic heterocycles. The fraction of sp³-hybridized carbons (Fsp3) is 0.844. The van der Waals surface area contributed by atoms with Crippen molar-refractivity contribution in [3.63, 3.8) is 0 Å². The molecule has 2 unspecified atom stereocenters. The molecule has 1 fully saturated rings. The molecule has 3 heterocycles. The van der Waals surface area contributed by atoms with Gasteiger partial charge in [-0.3, -0.25) is 9.28 Å². The lowest BCUT2D eigenvalue weighted by molar-refractivity contribution is -0.951. The molecule has 0 aliphatic carbocycles. The van der Waals surface area contributed by atoms with Crippen LogP contribution in [0.2, 0.25) is 0 Å². The zero-order valence-electron chi connectivity index (χ0n) is 26.0. The first-order chi connectivity index (χ1) is 19.6. The lowest BCUT2D eigenvalue weighted by Crippen LogP contribution is -3.00. The molecule has 0 radical (unpaired) electrons. The van der Waals surface area contributed by atoms with E-state index in [1.54, 1.807) is 0 Å². The van der Waals surface area contributed by atoms with Gasteiger partial charge in [0.25, 0.3) is 5.88 Å². The van der Waals surface area contributed by atoms with Gasteiger partial charge in [0.2, 0.25) is 6.23 Å². The highest BCUT2D eigenvalue weighted by Gasteiger charge is 2.44. The summed E-state index contributed by atoms with van der Waals surface area (Å²) in [5.41, 5.74) is 2.04. The molecule has 2 aliphatic rings. The number of halogens is 1. The number of hydrogen-bond acceptors (Lipinski definition) is 7. The third kappa shape index (κ3) is 12.8. The van der Waals surface area contributed by atoms with Crippen LogP contribution in [0.3, 0.4) is 0 Å². The van der Waals surface area contributed by atoms with Crippen LogP contribution < -0.4 is 28.7 Å². The summed E-state index contributed by atoms with van der Waals surface area (Å²) >= 11 is 1.22. The van der Waals surface area contributed by atoms with Crippen molar-refractivity contribution in [3.8, 4) is 5.88 Å². The molecule has 2 atom stereocenters. The first-order valence-corrected chi connectivity index (χ1v) is 17.1. The Morgan fingerprint density at radius 1 is 0.976 bits per heavy atom. The molecule has 0 saturated carbocycles. The Morgan fingerprint density at radius 2 is 1.61 bits per heavy atom. The summed E-state index contributed by atoms with van der Waals surface area (Å²) in [7, 11) is 2.25. The summed E-state index contributed by atoms with van der Waals surface area (Å²) in [6.07, 6.45) is 21.3. The van der Waals surface area contributed by atoms with Crippen molar-refractivity contribution in [1.29, 1.82) is 0 Å². The predicted molar refractivity (Wildman–Crippen MR) is 163 cm³/mol. The first-order valence-electron chi connectivity index (χ1n) is 16.3. The number of esters is 1. The average molecular weight is 706 g/mol. The maximum atomic E-state index is 13.1. The molecular weight excluding hydrogens is 649 g/mol. The molecule has 0 bridgehead atoms. The molecular formula is C32H56IN3O4S. The Kier molecular flexibility index (Phi) is 18.7. The summed E-state index contributed by atoms with van der Waals surface area (Å²) in [5, 5.41) is 0. The summed E-state index contributed by atoms with van der Waals surface area (Å²) in [4.78, 5) is 13.1. The molecule has 236 valence electrons. The largest absolute Gasteiger partial charge is 1.00 e. The van der Waals surface area contributed by atoms with Gasteiger partial charge in [-0.15, -0.1) is 4.37 Å². The summed E-state index contributed by atoms with van der Waals surface area (Å²) in [6, 6.07) is 0. The van der Waals surface area contributed by atoms with Crippen LogP contribution in [0.1, 0.15) is 129 Å². The Balaban J connectivity index is 0.00000588. The van der Waals surface area contributed by atoms with E-state index in [0.717, 1.165) is 76.1 Å². The minimum atomic E-state index is -0.163. The molecule has 9 heteroatoms. The van der Waals surface area contributed by atoms with Crippen LogP contribution in [0.25, 0.3) is 5.57 Å². The monoisotopic (exact) mass is 705 g/mol. The molecule has 0 aromatic carbocycles. The number of carbonyl (C=O) groups excluding carboxylic acids is 1. The maximum absolute atomic E-state index is 13.1. The molecule has 1 aromatic heterocycles. The van der Waals surface area contributed by atoms with Gasteiger partial charge in [-0.25, -0.2) is 0 Å². The highest BCUT2D eigenvalue weighted by atomic mass is 127.